The van der Waals surface area contributed by atoms with Crippen LogP contribution in [0.5, 0.6) is 0 Å². The quantitative estimate of drug-likeness (QED) is 0.699. The van der Waals surface area contributed by atoms with Gasteiger partial charge in [0.2, 0.25) is 5.91 Å². The van der Waals surface area contributed by atoms with E-state index >= 15 is 0 Å². The van der Waals surface area contributed by atoms with Crippen molar-refractivity contribution in [3.8, 4) is 0 Å². The molecular formula is C9H16N2O2. The van der Waals surface area contributed by atoms with Crippen LogP contribution in [0.15, 0.2) is 4.99 Å². The molecule has 0 fully saturated rings. The second kappa shape index (κ2) is 4.37. The number of rotatable bonds is 4. The highest BCUT2D eigenvalue weighted by atomic mass is 16.5. The largest absolute Gasteiger partial charge is 0.371 e. The minimum Gasteiger partial charge on any atom is -0.371 e. The van der Waals surface area contributed by atoms with Gasteiger partial charge in [0, 0.05) is 6.61 Å². The van der Waals surface area contributed by atoms with E-state index < -0.39 is 0 Å². The van der Waals surface area contributed by atoms with Crippen molar-refractivity contribution in [3.05, 3.63) is 0 Å². The Morgan fingerprint density at radius 1 is 1.62 bits per heavy atom. The zero-order valence-corrected chi connectivity index (χ0v) is 8.33. The van der Waals surface area contributed by atoms with Gasteiger partial charge in [0.15, 0.2) is 0 Å². The first-order chi connectivity index (χ1) is 6.19. The first-order valence-corrected chi connectivity index (χ1v) is 4.69. The van der Waals surface area contributed by atoms with E-state index in [1.807, 2.05) is 20.8 Å². The van der Waals surface area contributed by atoms with Gasteiger partial charge in [0.1, 0.15) is 18.0 Å². The van der Waals surface area contributed by atoms with Gasteiger partial charge < -0.3 is 10.1 Å². The molecule has 0 aliphatic carbocycles. The molecule has 1 rings (SSSR count). The van der Waals surface area contributed by atoms with Crippen LogP contribution in [0.4, 0.5) is 0 Å². The highest BCUT2D eigenvalue weighted by Crippen LogP contribution is 2.07. The summed E-state index contributed by atoms with van der Waals surface area (Å²) in [6, 6.07) is -0.210. The molecule has 4 nitrogen and oxygen atoms in total. The average Bonchev–Trinajstić information content (AvgIpc) is 2.47. The number of aliphatic imine (C=N–C) groups is 1. The number of hydrogen-bond acceptors (Lipinski definition) is 3. The summed E-state index contributed by atoms with van der Waals surface area (Å²) in [7, 11) is 0. The monoisotopic (exact) mass is 184 g/mol. The minimum absolute atomic E-state index is 0.0101. The highest BCUT2D eigenvalue weighted by Gasteiger charge is 2.27. The van der Waals surface area contributed by atoms with Crippen LogP contribution in [0.25, 0.3) is 0 Å². The number of amidine groups is 1. The van der Waals surface area contributed by atoms with E-state index in [2.05, 4.69) is 10.3 Å². The number of carbonyl (C=O) groups is 1. The van der Waals surface area contributed by atoms with Crippen molar-refractivity contribution >= 4 is 11.7 Å². The van der Waals surface area contributed by atoms with E-state index in [1.54, 1.807) is 0 Å². The molecule has 0 aromatic carbocycles. The van der Waals surface area contributed by atoms with Gasteiger partial charge in [0.05, 0.1) is 0 Å². The minimum atomic E-state index is -0.210. The van der Waals surface area contributed by atoms with E-state index in [9.17, 15) is 4.79 Å². The molecule has 0 spiro atoms. The zero-order chi connectivity index (χ0) is 9.84. The van der Waals surface area contributed by atoms with Crippen molar-refractivity contribution in [1.29, 1.82) is 0 Å². The van der Waals surface area contributed by atoms with Gasteiger partial charge in [-0.3, -0.25) is 9.79 Å². The first-order valence-electron chi connectivity index (χ1n) is 4.69. The number of hydrogen-bond donors (Lipinski definition) is 1. The van der Waals surface area contributed by atoms with E-state index in [-0.39, 0.29) is 18.1 Å². The number of carbonyl (C=O) groups excluding carboxylic acids is 1. The standard InChI is InChI=1S/C9H16N2O2/c1-4-7-9(12)11-8(10-7)6(3)13-5-2/h6-7H,4-5H2,1-3H3,(H,10,11,12). The molecular weight excluding hydrogens is 168 g/mol. The lowest BCUT2D eigenvalue weighted by Crippen LogP contribution is -2.35. The Morgan fingerprint density at radius 3 is 2.77 bits per heavy atom. The van der Waals surface area contributed by atoms with Crippen LogP contribution in [0.2, 0.25) is 0 Å². The van der Waals surface area contributed by atoms with Crippen molar-refractivity contribution in [2.75, 3.05) is 6.61 Å². The number of amides is 1. The molecule has 2 unspecified atom stereocenters. The summed E-state index contributed by atoms with van der Waals surface area (Å²) in [4.78, 5) is 15.5. The molecule has 1 aliphatic heterocycles. The Kier molecular flexibility index (Phi) is 3.42. The molecule has 1 N–H and O–H groups in total. The van der Waals surface area contributed by atoms with Gasteiger partial charge in [-0.2, -0.15) is 0 Å². The molecule has 0 bridgehead atoms. The molecule has 0 saturated carbocycles. The zero-order valence-electron chi connectivity index (χ0n) is 8.33. The maximum atomic E-state index is 11.2. The Balaban J connectivity index is 2.57. The maximum Gasteiger partial charge on any atom is 0.250 e. The topological polar surface area (TPSA) is 50.7 Å². The van der Waals surface area contributed by atoms with E-state index in [4.69, 9.17) is 4.74 Å². The summed E-state index contributed by atoms with van der Waals surface area (Å²) in [6.07, 6.45) is 0.638. The molecule has 1 aliphatic rings. The van der Waals surface area contributed by atoms with Crippen LogP contribution < -0.4 is 5.32 Å². The Labute approximate surface area is 78.4 Å². The molecule has 0 aromatic heterocycles. The second-order valence-electron chi connectivity index (χ2n) is 3.03. The van der Waals surface area contributed by atoms with Crippen molar-refractivity contribution in [2.45, 2.75) is 39.3 Å². The molecule has 0 aromatic rings. The van der Waals surface area contributed by atoms with Crippen molar-refractivity contribution in [3.63, 3.8) is 0 Å². The lowest BCUT2D eigenvalue weighted by molar-refractivity contribution is -0.120. The maximum absolute atomic E-state index is 11.2. The fourth-order valence-electron chi connectivity index (χ4n) is 1.28. The van der Waals surface area contributed by atoms with Crippen LogP contribution in [0.1, 0.15) is 27.2 Å². The summed E-state index contributed by atoms with van der Waals surface area (Å²) in [5.74, 6) is 0.655. The van der Waals surface area contributed by atoms with Crippen LogP contribution in [0, 0.1) is 0 Å². The molecule has 1 amide bonds. The van der Waals surface area contributed by atoms with Gasteiger partial charge in [-0.25, -0.2) is 0 Å². The van der Waals surface area contributed by atoms with E-state index in [0.29, 0.717) is 12.4 Å². The van der Waals surface area contributed by atoms with Crippen molar-refractivity contribution in [2.24, 2.45) is 4.99 Å². The lowest BCUT2D eigenvalue weighted by atomic mass is 10.2. The fourth-order valence-corrected chi connectivity index (χ4v) is 1.28. The van der Waals surface area contributed by atoms with Gasteiger partial charge in [-0.05, 0) is 20.3 Å². The van der Waals surface area contributed by atoms with Gasteiger partial charge in [-0.1, -0.05) is 6.92 Å². The van der Waals surface area contributed by atoms with Crippen molar-refractivity contribution < 1.29 is 9.53 Å². The number of nitrogens with one attached hydrogen (secondary N) is 1. The Hall–Kier alpha value is -0.900. The normalized spacial score (nSPS) is 24.1. The summed E-state index contributed by atoms with van der Waals surface area (Å²) in [5, 5.41) is 2.73. The SMILES string of the molecule is CCOC(C)C1=NC(CC)C(=O)N1. The van der Waals surface area contributed by atoms with E-state index in [0.717, 1.165) is 6.42 Å². The van der Waals surface area contributed by atoms with Crippen LogP contribution in [-0.2, 0) is 9.53 Å². The molecule has 1 heterocycles. The van der Waals surface area contributed by atoms with Crippen LogP contribution >= 0.6 is 0 Å². The summed E-state index contributed by atoms with van der Waals surface area (Å²) in [6.45, 7) is 6.39. The fraction of sp³-hybridized carbons (Fsp3) is 0.778. The predicted molar refractivity (Wildman–Crippen MR) is 50.7 cm³/mol. The third kappa shape index (κ3) is 2.28. The lowest BCUT2D eigenvalue weighted by Gasteiger charge is -2.10. The third-order valence-corrected chi connectivity index (χ3v) is 2.04. The van der Waals surface area contributed by atoms with Gasteiger partial charge in [-0.15, -0.1) is 0 Å². The van der Waals surface area contributed by atoms with E-state index in [1.165, 1.54) is 0 Å². The van der Waals surface area contributed by atoms with Gasteiger partial charge >= 0.3 is 0 Å². The van der Waals surface area contributed by atoms with Gasteiger partial charge in [0.25, 0.3) is 0 Å². The third-order valence-electron chi connectivity index (χ3n) is 2.04. The summed E-state index contributed by atoms with van der Waals surface area (Å²) >= 11 is 0. The van der Waals surface area contributed by atoms with Crippen LogP contribution in [0.3, 0.4) is 0 Å². The molecule has 74 valence electrons. The summed E-state index contributed by atoms with van der Waals surface area (Å²) in [5.41, 5.74) is 0. The average molecular weight is 184 g/mol. The molecule has 0 radical (unpaired) electrons. The van der Waals surface area contributed by atoms with Crippen LogP contribution in [-0.4, -0.2) is 30.5 Å². The number of nitrogens with zero attached hydrogens (tertiary/aromatic N) is 1. The molecule has 13 heavy (non-hydrogen) atoms. The molecule has 2 atom stereocenters. The summed E-state index contributed by atoms with van der Waals surface area (Å²) < 4.78 is 5.32. The molecule has 4 heteroatoms. The smallest absolute Gasteiger partial charge is 0.250 e. The Bertz CT molecular complexity index is 226. The predicted octanol–water partition coefficient (Wildman–Crippen LogP) is 0.718. The second-order valence-corrected chi connectivity index (χ2v) is 3.03. The highest BCUT2D eigenvalue weighted by molar-refractivity contribution is 6.07. The number of ether oxygens (including phenoxy) is 1. The first kappa shape index (κ1) is 10.2. The molecule has 0 saturated heterocycles. The van der Waals surface area contributed by atoms with Crippen molar-refractivity contribution in [1.82, 2.24) is 5.32 Å². The Morgan fingerprint density at radius 2 is 2.31 bits per heavy atom.